The number of fused-ring (bicyclic) bond motifs is 8. The molecule has 0 bridgehead atoms. The van der Waals surface area contributed by atoms with Gasteiger partial charge in [-0.2, -0.15) is 18.5 Å². The van der Waals surface area contributed by atoms with Crippen LogP contribution in [0.5, 0.6) is 11.8 Å². The van der Waals surface area contributed by atoms with Crippen LogP contribution >= 0.6 is 24.1 Å². The molecule has 26 heteroatoms. The second kappa shape index (κ2) is 19.4. The number of nitrogens with two attached hydrogens (primary N) is 1. The van der Waals surface area contributed by atoms with E-state index in [0.717, 1.165) is 0 Å². The molecule has 1 aliphatic rings. The van der Waals surface area contributed by atoms with Gasteiger partial charge in [-0.15, -0.1) is 5.11 Å². The molecule has 2 N–H and O–H groups in total. The topological polar surface area (TPSA) is 275 Å². The van der Waals surface area contributed by atoms with Crippen molar-refractivity contribution in [3.05, 3.63) is 78.2 Å². The number of ether oxygens (including phenoxy) is 1. The quantitative estimate of drug-likeness (QED) is 0.0131. The standard InChI is InChI=1S/C29H21N5O14S4.3Na/c30-21-10-9-19-20(25(21)32-31-15-5-7-16(8-6-15)51(37,38)12-11-42-52(39,40)41)13-24(50-48-46-36)26-28(19)44-29-34(33-26)27-18-4-2-1-3-17(18)23(49-47-45-35)14-22(27)43-29;;;/h1-10,13-14,35-36H,11-12,30H2,(H,39,40,41);;;/q;3*+1/p-3. The van der Waals surface area contributed by atoms with Gasteiger partial charge < -0.3 is 35.4 Å². The summed E-state index contributed by atoms with van der Waals surface area (Å²) < 4.78 is 83.9. The molecule has 1 aliphatic heterocycles. The van der Waals surface area contributed by atoms with Gasteiger partial charge in [0.15, 0.2) is 9.84 Å². The van der Waals surface area contributed by atoms with Gasteiger partial charge in [-0.1, -0.05) is 18.2 Å². The summed E-state index contributed by atoms with van der Waals surface area (Å²) >= 11 is 1.24. The van der Waals surface area contributed by atoms with Crippen LogP contribution in [-0.4, -0.2) is 33.7 Å². The van der Waals surface area contributed by atoms with Crippen molar-refractivity contribution in [3.63, 3.8) is 0 Å². The van der Waals surface area contributed by atoms with E-state index in [4.69, 9.17) is 20.3 Å². The number of nitrogen functional groups attached to an aromatic ring is 1. The van der Waals surface area contributed by atoms with Crippen molar-refractivity contribution < 1.29 is 157 Å². The normalized spacial score (nSPS) is 12.3. The Morgan fingerprint density at radius 1 is 0.818 bits per heavy atom. The SMILES string of the molecule is Nc1ccc2c3c(c(SOO[O-])cc2c1N=Nc1ccc(S(=O)(=O)CCOS(=O)(=O)[O-])cc1)[N-][n+]1c(oc2cc(SOO[O-])c4ccccc4c21)O3.[Na+].[Na+].[Na+]. The van der Waals surface area contributed by atoms with Crippen LogP contribution in [0.15, 0.2) is 102 Å². The molecule has 7 rings (SSSR count). The smallest absolute Gasteiger partial charge is 0.726 e. The Balaban J connectivity index is 0.00000224. The summed E-state index contributed by atoms with van der Waals surface area (Å²) in [5.74, 6) is -0.574. The van der Waals surface area contributed by atoms with Crippen LogP contribution in [-0.2, 0) is 43.2 Å². The predicted octanol–water partition coefficient (Wildman–Crippen LogP) is -4.68. The zero-order chi connectivity index (χ0) is 36.6. The second-order valence-corrected chi connectivity index (χ2v) is 15.1. The third kappa shape index (κ3) is 9.98. The molecule has 0 atom stereocenters. The third-order valence-corrected chi connectivity index (χ3v) is 10.9. The Labute approximate surface area is 385 Å². The summed E-state index contributed by atoms with van der Waals surface area (Å²) in [5.41, 5.74) is 12.7. The largest absolute Gasteiger partial charge is 1.00 e. The van der Waals surface area contributed by atoms with Crippen molar-refractivity contribution in [1.82, 2.24) is 0 Å². The van der Waals surface area contributed by atoms with Crippen LogP contribution in [0, 0.1) is 0 Å². The van der Waals surface area contributed by atoms with Crippen LogP contribution in [0.3, 0.4) is 0 Å². The van der Waals surface area contributed by atoms with Crippen molar-refractivity contribution in [3.8, 4) is 11.8 Å². The van der Waals surface area contributed by atoms with E-state index in [1.807, 2.05) is 6.07 Å². The molecule has 0 saturated carbocycles. The Hall–Kier alpha value is -1.63. The van der Waals surface area contributed by atoms with E-state index < -0.39 is 32.6 Å². The van der Waals surface area contributed by atoms with Gasteiger partial charge in [0.25, 0.3) is 5.52 Å². The van der Waals surface area contributed by atoms with E-state index in [9.17, 15) is 31.9 Å². The number of hydrogen-bond acceptors (Lipinski definition) is 19. The minimum atomic E-state index is -5.05. The van der Waals surface area contributed by atoms with Crippen LogP contribution in [0.25, 0.3) is 38.1 Å². The Morgan fingerprint density at radius 2 is 1.49 bits per heavy atom. The van der Waals surface area contributed by atoms with E-state index in [2.05, 4.69) is 33.2 Å². The Bertz CT molecular complexity index is 2620. The molecule has 0 fully saturated rings. The molecule has 55 heavy (non-hydrogen) atoms. The van der Waals surface area contributed by atoms with Gasteiger partial charge >= 0.3 is 94.7 Å². The monoisotopic (exact) mass is 857 g/mol. The molecule has 0 amide bonds. The molecule has 0 saturated heterocycles. The number of benzene rings is 5. The van der Waals surface area contributed by atoms with Gasteiger partial charge in [-0.25, -0.2) is 16.8 Å². The summed E-state index contributed by atoms with van der Waals surface area (Å²) in [7, 11) is -9.04. The summed E-state index contributed by atoms with van der Waals surface area (Å²) in [4.78, 5) is 0.581. The molecule has 6 aromatic rings. The van der Waals surface area contributed by atoms with Crippen molar-refractivity contribution in [1.29, 1.82) is 0 Å². The Morgan fingerprint density at radius 3 is 2.16 bits per heavy atom. The zero-order valence-electron chi connectivity index (χ0n) is 28.6. The van der Waals surface area contributed by atoms with Crippen LogP contribution in [0.1, 0.15) is 0 Å². The van der Waals surface area contributed by atoms with Gasteiger partial charge in [0.2, 0.25) is 16.0 Å². The van der Waals surface area contributed by atoms with Crippen molar-refractivity contribution in [2.24, 2.45) is 10.2 Å². The van der Waals surface area contributed by atoms with Crippen LogP contribution < -0.4 is 114 Å². The van der Waals surface area contributed by atoms with E-state index in [0.29, 0.717) is 61.6 Å². The van der Waals surface area contributed by atoms with Crippen molar-refractivity contribution in [2.75, 3.05) is 18.1 Å². The number of aromatic nitrogens is 1. The molecule has 0 radical (unpaired) electrons. The second-order valence-electron chi connectivity index (χ2n) is 10.5. The predicted molar refractivity (Wildman–Crippen MR) is 175 cm³/mol. The first kappa shape index (κ1) is 46.1. The fourth-order valence-electron chi connectivity index (χ4n) is 5.31. The molecule has 0 unspecified atom stereocenters. The summed E-state index contributed by atoms with van der Waals surface area (Å²) in [6.45, 7) is -0.842. The number of hydrogen-bond donors (Lipinski definition) is 1. The molecule has 2 heterocycles. The molecule has 1 aromatic heterocycles. The summed E-state index contributed by atoms with van der Waals surface area (Å²) in [5, 5.41) is 39.3. The molecule has 0 spiro atoms. The fourth-order valence-corrected chi connectivity index (χ4v) is 7.80. The van der Waals surface area contributed by atoms with Crippen LogP contribution in [0.2, 0.25) is 0 Å². The van der Waals surface area contributed by atoms with E-state index >= 15 is 0 Å². The van der Waals surface area contributed by atoms with E-state index in [1.54, 1.807) is 42.5 Å². The van der Waals surface area contributed by atoms with Gasteiger partial charge in [-0.3, -0.25) is 14.3 Å². The minimum absolute atomic E-state index is 0. The van der Waals surface area contributed by atoms with E-state index in [-0.39, 0.29) is 133 Å². The van der Waals surface area contributed by atoms with Gasteiger partial charge in [0.05, 0.1) is 63.0 Å². The molecule has 0 aliphatic carbocycles. The van der Waals surface area contributed by atoms with E-state index in [1.165, 1.54) is 28.9 Å². The maximum atomic E-state index is 12.5. The summed E-state index contributed by atoms with van der Waals surface area (Å²) in [6, 6.07) is 18.8. The molecule has 5 aromatic carbocycles. The summed E-state index contributed by atoms with van der Waals surface area (Å²) in [6.07, 6.45) is -0.0449. The number of azo groups is 1. The zero-order valence-corrected chi connectivity index (χ0v) is 37.8. The number of anilines is 1. The number of nitrogens with zero attached hydrogens (tertiary/aromatic N) is 4. The maximum absolute atomic E-state index is 12.5. The Kier molecular flexibility index (Phi) is 16.3. The number of rotatable bonds is 13. The van der Waals surface area contributed by atoms with Crippen LogP contribution in [0.4, 0.5) is 22.7 Å². The van der Waals surface area contributed by atoms with Gasteiger partial charge in [0.1, 0.15) is 11.4 Å². The maximum Gasteiger partial charge on any atom is 1.00 e. The first-order valence-corrected chi connectivity index (χ1v) is 18.7. The van der Waals surface area contributed by atoms with Crippen molar-refractivity contribution >= 4 is 99.7 Å². The number of sulfone groups is 1. The average molecular weight is 858 g/mol. The molecular weight excluding hydrogens is 840 g/mol. The molecule has 270 valence electrons. The van der Waals surface area contributed by atoms with Gasteiger partial charge in [0, 0.05) is 27.1 Å². The first-order valence-electron chi connectivity index (χ1n) is 14.3. The fraction of sp³-hybridized carbons (Fsp3) is 0.0690. The third-order valence-electron chi connectivity index (χ3n) is 7.48. The minimum Gasteiger partial charge on any atom is -0.726 e. The van der Waals surface area contributed by atoms with Crippen molar-refractivity contribution in [2.45, 2.75) is 14.7 Å². The molecular formula is C29H18N5Na3O14S4. The van der Waals surface area contributed by atoms with Gasteiger partial charge in [-0.05, 0) is 54.2 Å². The average Bonchev–Trinajstić information content (AvgIpc) is 3.48. The number of oxazole rings is 1. The first-order chi connectivity index (χ1) is 25.0. The molecule has 19 nitrogen and oxygen atoms in total.